The van der Waals surface area contributed by atoms with E-state index in [0.717, 1.165) is 19.5 Å². The van der Waals surface area contributed by atoms with Crippen LogP contribution >= 0.6 is 11.8 Å². The molecular weight excluding hydrogens is 196 g/mol. The van der Waals surface area contributed by atoms with Crippen molar-refractivity contribution in [2.45, 2.75) is 25.5 Å². The number of nitriles is 1. The predicted octanol–water partition coefficient (Wildman–Crippen LogP) is 1.50. The highest BCUT2D eigenvalue weighted by atomic mass is 32.2. The van der Waals surface area contributed by atoms with Gasteiger partial charge in [0.1, 0.15) is 5.41 Å². The summed E-state index contributed by atoms with van der Waals surface area (Å²) in [4.78, 5) is 13.7. The van der Waals surface area contributed by atoms with E-state index >= 15 is 0 Å². The summed E-state index contributed by atoms with van der Waals surface area (Å²) in [7, 11) is 0. The molecule has 1 fully saturated rings. The molecule has 0 aromatic carbocycles. The number of amides is 1. The van der Waals surface area contributed by atoms with Crippen molar-refractivity contribution >= 4 is 17.7 Å². The van der Waals surface area contributed by atoms with Crippen LogP contribution in [0.25, 0.3) is 0 Å². The number of likely N-dealkylation sites (tertiary alicyclic amines) is 1. The molecular formula is C10H16N2OS. The molecule has 1 atom stereocenters. The molecule has 0 aliphatic carbocycles. The molecule has 1 heterocycles. The van der Waals surface area contributed by atoms with Crippen molar-refractivity contribution in [3.63, 3.8) is 0 Å². The van der Waals surface area contributed by atoms with E-state index in [1.807, 2.05) is 4.90 Å². The van der Waals surface area contributed by atoms with Crippen LogP contribution in [0.2, 0.25) is 0 Å². The lowest BCUT2D eigenvalue weighted by atomic mass is 9.94. The van der Waals surface area contributed by atoms with Gasteiger partial charge in [0.25, 0.3) is 0 Å². The van der Waals surface area contributed by atoms with Gasteiger partial charge in [-0.2, -0.15) is 17.0 Å². The number of hydrogen-bond acceptors (Lipinski definition) is 3. The molecule has 4 heteroatoms. The first kappa shape index (κ1) is 11.4. The van der Waals surface area contributed by atoms with Gasteiger partial charge in [-0.1, -0.05) is 0 Å². The number of nitrogens with zero attached hydrogens (tertiary/aromatic N) is 2. The van der Waals surface area contributed by atoms with Crippen molar-refractivity contribution in [1.82, 2.24) is 4.90 Å². The average molecular weight is 212 g/mol. The largest absolute Gasteiger partial charge is 0.340 e. The second-order valence-electron chi connectivity index (χ2n) is 4.13. The van der Waals surface area contributed by atoms with Gasteiger partial charge >= 0.3 is 0 Å². The number of rotatable bonds is 2. The summed E-state index contributed by atoms with van der Waals surface area (Å²) in [5.41, 5.74) is -0.868. The van der Waals surface area contributed by atoms with Crippen LogP contribution < -0.4 is 0 Å². The Kier molecular flexibility index (Phi) is 3.43. The van der Waals surface area contributed by atoms with Gasteiger partial charge in [-0.05, 0) is 26.5 Å². The fourth-order valence-corrected chi connectivity index (χ4v) is 2.22. The maximum Gasteiger partial charge on any atom is 0.242 e. The first-order valence-corrected chi connectivity index (χ1v) is 6.03. The molecule has 1 amide bonds. The highest BCUT2D eigenvalue weighted by molar-refractivity contribution is 7.99. The highest BCUT2D eigenvalue weighted by Gasteiger charge is 2.35. The van der Waals surface area contributed by atoms with Crippen molar-refractivity contribution in [2.75, 3.05) is 19.3 Å². The smallest absolute Gasteiger partial charge is 0.242 e. The summed E-state index contributed by atoms with van der Waals surface area (Å²) in [5.74, 6) is -0.0310. The molecule has 0 spiro atoms. The summed E-state index contributed by atoms with van der Waals surface area (Å²) in [5, 5.41) is 9.39. The van der Waals surface area contributed by atoms with Crippen molar-refractivity contribution in [1.29, 1.82) is 5.26 Å². The van der Waals surface area contributed by atoms with E-state index in [4.69, 9.17) is 5.26 Å². The zero-order valence-electron chi connectivity index (χ0n) is 8.91. The van der Waals surface area contributed by atoms with Crippen LogP contribution in [0.4, 0.5) is 0 Å². The van der Waals surface area contributed by atoms with Crippen LogP contribution in [0.5, 0.6) is 0 Å². The van der Waals surface area contributed by atoms with E-state index in [-0.39, 0.29) is 5.91 Å². The maximum absolute atomic E-state index is 11.9. The number of carbonyl (C=O) groups is 1. The van der Waals surface area contributed by atoms with Gasteiger partial charge in [0.05, 0.1) is 6.07 Å². The average Bonchev–Trinajstić information content (AvgIpc) is 2.64. The Labute approximate surface area is 89.5 Å². The first-order valence-electron chi connectivity index (χ1n) is 4.74. The van der Waals surface area contributed by atoms with E-state index in [9.17, 15) is 4.79 Å². The number of thioether (sulfide) groups is 1. The zero-order chi connectivity index (χ0) is 10.8. The van der Waals surface area contributed by atoms with Gasteiger partial charge < -0.3 is 4.90 Å². The third kappa shape index (κ3) is 2.21. The van der Waals surface area contributed by atoms with Crippen molar-refractivity contribution in [3.8, 4) is 6.07 Å². The molecule has 3 nitrogen and oxygen atoms in total. The molecule has 1 rings (SSSR count). The van der Waals surface area contributed by atoms with Crippen LogP contribution in [-0.2, 0) is 4.79 Å². The minimum Gasteiger partial charge on any atom is -0.340 e. The molecule has 0 aromatic heterocycles. The van der Waals surface area contributed by atoms with Gasteiger partial charge in [0, 0.05) is 18.3 Å². The molecule has 0 saturated carbocycles. The van der Waals surface area contributed by atoms with Crippen LogP contribution in [0.1, 0.15) is 20.3 Å². The normalized spacial score (nSPS) is 22.1. The Bertz CT molecular complexity index is 270. The standard InChI is InChI=1S/C10H16N2OS/c1-10(2,7-11)9(13)12-5-4-8(6-12)14-3/h8H,4-6H2,1-3H3. The van der Waals surface area contributed by atoms with E-state index < -0.39 is 5.41 Å². The molecule has 0 N–H and O–H groups in total. The monoisotopic (exact) mass is 212 g/mol. The molecule has 1 unspecified atom stereocenters. The van der Waals surface area contributed by atoms with Crippen LogP contribution in [0, 0.1) is 16.7 Å². The van der Waals surface area contributed by atoms with Gasteiger partial charge in [-0.25, -0.2) is 0 Å². The number of hydrogen-bond donors (Lipinski definition) is 0. The number of carbonyl (C=O) groups excluding carboxylic acids is 1. The molecule has 0 bridgehead atoms. The second-order valence-corrected chi connectivity index (χ2v) is 5.27. The van der Waals surface area contributed by atoms with Gasteiger partial charge in [0.15, 0.2) is 0 Å². The fraction of sp³-hybridized carbons (Fsp3) is 0.800. The molecule has 14 heavy (non-hydrogen) atoms. The molecule has 1 aliphatic rings. The Morgan fingerprint density at radius 2 is 2.29 bits per heavy atom. The Morgan fingerprint density at radius 1 is 1.64 bits per heavy atom. The van der Waals surface area contributed by atoms with Crippen LogP contribution in [0.15, 0.2) is 0 Å². The van der Waals surface area contributed by atoms with Crippen molar-refractivity contribution in [3.05, 3.63) is 0 Å². The van der Waals surface area contributed by atoms with E-state index in [1.54, 1.807) is 25.6 Å². The minimum atomic E-state index is -0.868. The summed E-state index contributed by atoms with van der Waals surface area (Å²) in [6, 6.07) is 2.05. The molecule has 0 aromatic rings. The maximum atomic E-state index is 11.9. The topological polar surface area (TPSA) is 44.1 Å². The summed E-state index contributed by atoms with van der Waals surface area (Å²) in [6.07, 6.45) is 3.11. The summed E-state index contributed by atoms with van der Waals surface area (Å²) < 4.78 is 0. The van der Waals surface area contributed by atoms with E-state index in [0.29, 0.717) is 5.25 Å². The van der Waals surface area contributed by atoms with Gasteiger partial charge in [0.2, 0.25) is 5.91 Å². The van der Waals surface area contributed by atoms with Crippen LogP contribution in [-0.4, -0.2) is 35.4 Å². The highest BCUT2D eigenvalue weighted by Crippen LogP contribution is 2.25. The van der Waals surface area contributed by atoms with Crippen molar-refractivity contribution < 1.29 is 4.79 Å². The third-order valence-corrected chi connectivity index (χ3v) is 3.63. The molecule has 78 valence electrons. The molecule has 1 saturated heterocycles. The SMILES string of the molecule is CSC1CCN(C(=O)C(C)(C)C#N)C1. The third-order valence-electron chi connectivity index (χ3n) is 2.58. The summed E-state index contributed by atoms with van der Waals surface area (Å²) in [6.45, 7) is 4.96. The Morgan fingerprint density at radius 3 is 2.71 bits per heavy atom. The molecule has 0 radical (unpaired) electrons. The van der Waals surface area contributed by atoms with Gasteiger partial charge in [-0.15, -0.1) is 0 Å². The molecule has 1 aliphatic heterocycles. The van der Waals surface area contributed by atoms with E-state index in [1.165, 1.54) is 0 Å². The van der Waals surface area contributed by atoms with Gasteiger partial charge in [-0.3, -0.25) is 4.79 Å². The fourth-order valence-electron chi connectivity index (χ4n) is 1.55. The zero-order valence-corrected chi connectivity index (χ0v) is 9.73. The van der Waals surface area contributed by atoms with Crippen LogP contribution in [0.3, 0.4) is 0 Å². The predicted molar refractivity (Wildman–Crippen MR) is 57.9 cm³/mol. The summed E-state index contributed by atoms with van der Waals surface area (Å²) >= 11 is 1.79. The lowest BCUT2D eigenvalue weighted by Crippen LogP contribution is -2.39. The Balaban J connectivity index is 2.61. The minimum absolute atomic E-state index is 0.0310. The first-order chi connectivity index (χ1) is 6.51. The van der Waals surface area contributed by atoms with Crippen molar-refractivity contribution in [2.24, 2.45) is 5.41 Å². The lowest BCUT2D eigenvalue weighted by molar-refractivity contribution is -0.136. The quantitative estimate of drug-likeness (QED) is 0.696. The Hall–Kier alpha value is -0.690. The lowest BCUT2D eigenvalue weighted by Gasteiger charge is -2.23. The van der Waals surface area contributed by atoms with E-state index in [2.05, 4.69) is 12.3 Å². The second kappa shape index (κ2) is 4.22.